The van der Waals surface area contributed by atoms with Gasteiger partial charge >= 0.3 is 17.9 Å². The number of amidine groups is 1. The fraction of sp³-hybridized carbons (Fsp3) is 0.381. The maximum absolute atomic E-state index is 13.1. The third-order valence-electron chi connectivity index (χ3n) is 5.29. The number of aryl methyl sites for hydroxylation is 1. The number of ether oxygens (including phenoxy) is 1. The molecule has 2 aromatic rings. The second-order valence-electron chi connectivity index (χ2n) is 7.28. The third kappa shape index (κ3) is 2.89. The third-order valence-corrected chi connectivity index (χ3v) is 5.29. The van der Waals surface area contributed by atoms with Crippen LogP contribution in [-0.4, -0.2) is 58.3 Å². The van der Waals surface area contributed by atoms with E-state index in [1.807, 2.05) is 36.7 Å². The minimum Gasteiger partial charge on any atom is -0.462 e. The lowest BCUT2D eigenvalue weighted by molar-refractivity contribution is -0.676. The van der Waals surface area contributed by atoms with Crippen LogP contribution in [0.25, 0.3) is 5.69 Å². The van der Waals surface area contributed by atoms with Crippen LogP contribution in [0.5, 0.6) is 0 Å². The number of hydrogen-bond donors (Lipinski definition) is 0. The summed E-state index contributed by atoms with van der Waals surface area (Å²) in [7, 11) is 1.64. The summed E-state index contributed by atoms with van der Waals surface area (Å²) in [5.41, 5.74) is 2.14. The maximum atomic E-state index is 13.1. The Morgan fingerprint density at radius 1 is 1.20 bits per heavy atom. The van der Waals surface area contributed by atoms with E-state index in [-0.39, 0.29) is 17.9 Å². The van der Waals surface area contributed by atoms with E-state index in [0.717, 1.165) is 11.4 Å². The molecule has 1 fully saturated rings. The number of nitrogens with zero attached hydrogens (tertiary/aromatic N) is 5. The smallest absolute Gasteiger partial charge is 0.406 e. The highest BCUT2D eigenvalue weighted by molar-refractivity contribution is 6.19. The number of imide groups is 1. The van der Waals surface area contributed by atoms with Gasteiger partial charge in [-0.2, -0.15) is 4.57 Å². The van der Waals surface area contributed by atoms with Crippen LogP contribution in [0.1, 0.15) is 42.4 Å². The van der Waals surface area contributed by atoms with Crippen molar-refractivity contribution >= 4 is 29.7 Å². The molecule has 156 valence electrons. The van der Waals surface area contributed by atoms with Crippen LogP contribution in [0, 0.1) is 6.92 Å². The van der Waals surface area contributed by atoms with Crippen molar-refractivity contribution in [2.75, 3.05) is 20.2 Å². The van der Waals surface area contributed by atoms with Crippen LogP contribution in [0.2, 0.25) is 0 Å². The second kappa shape index (κ2) is 7.40. The summed E-state index contributed by atoms with van der Waals surface area (Å²) < 4.78 is 8.73. The Labute approximate surface area is 174 Å². The molecule has 0 bridgehead atoms. The largest absolute Gasteiger partial charge is 0.462 e. The molecule has 30 heavy (non-hydrogen) atoms. The fourth-order valence-corrected chi connectivity index (χ4v) is 3.89. The molecule has 4 rings (SSSR count). The molecule has 0 N–H and O–H groups in total. The van der Waals surface area contributed by atoms with Crippen molar-refractivity contribution in [1.29, 1.82) is 0 Å². The van der Waals surface area contributed by atoms with Crippen LogP contribution in [-0.2, 0) is 9.53 Å². The number of imidazole rings is 1. The van der Waals surface area contributed by atoms with Gasteiger partial charge < -0.3 is 4.74 Å². The number of fused-ring (bicyclic) bond motifs is 3. The topological polar surface area (TPSA) is 88.1 Å². The molecule has 0 spiro atoms. The Kier molecular flexibility index (Phi) is 4.89. The number of aromatic nitrogens is 2. The molecule has 2 aliphatic heterocycles. The lowest BCUT2D eigenvalue weighted by atomic mass is 10.1. The lowest BCUT2D eigenvalue weighted by Crippen LogP contribution is -2.62. The highest BCUT2D eigenvalue weighted by Crippen LogP contribution is 2.31. The van der Waals surface area contributed by atoms with Crippen LogP contribution < -0.4 is 4.57 Å². The van der Waals surface area contributed by atoms with E-state index < -0.39 is 6.04 Å². The summed E-state index contributed by atoms with van der Waals surface area (Å²) in [5.74, 6) is 0.338. The van der Waals surface area contributed by atoms with Gasteiger partial charge in [0, 0.05) is 13.6 Å². The quantitative estimate of drug-likeness (QED) is 0.558. The number of aliphatic imine (C=N–C) groups is 1. The number of amides is 3. The van der Waals surface area contributed by atoms with Crippen molar-refractivity contribution in [1.82, 2.24) is 14.4 Å². The Hall–Kier alpha value is -3.49. The molecule has 1 atom stereocenters. The van der Waals surface area contributed by atoms with E-state index in [4.69, 9.17) is 4.74 Å². The van der Waals surface area contributed by atoms with Crippen molar-refractivity contribution in [2.24, 2.45) is 4.99 Å². The number of urea groups is 1. The van der Waals surface area contributed by atoms with Gasteiger partial charge in [-0.05, 0) is 44.5 Å². The number of benzene rings is 1. The normalized spacial score (nSPS) is 17.7. The summed E-state index contributed by atoms with van der Waals surface area (Å²) in [4.78, 5) is 45.0. The molecule has 9 heteroatoms. The van der Waals surface area contributed by atoms with E-state index in [1.54, 1.807) is 30.7 Å². The van der Waals surface area contributed by atoms with Gasteiger partial charge in [-0.15, -0.1) is 0 Å². The minimum atomic E-state index is -0.659. The predicted octanol–water partition coefficient (Wildman–Crippen LogP) is 2.14. The first-order valence-corrected chi connectivity index (χ1v) is 9.97. The Bertz CT molecular complexity index is 1070. The first kappa shape index (κ1) is 19.8. The van der Waals surface area contributed by atoms with E-state index in [1.165, 1.54) is 9.80 Å². The highest BCUT2D eigenvalue weighted by Gasteiger charge is 2.53. The van der Waals surface area contributed by atoms with Crippen molar-refractivity contribution in [3.05, 3.63) is 41.7 Å². The predicted molar refractivity (Wildman–Crippen MR) is 108 cm³/mol. The monoisotopic (exact) mass is 410 g/mol. The molecular formula is C21H24N5O4+. The van der Waals surface area contributed by atoms with Gasteiger partial charge in [-0.3, -0.25) is 14.6 Å². The van der Waals surface area contributed by atoms with Crippen LogP contribution in [0.15, 0.2) is 35.5 Å². The lowest BCUT2D eigenvalue weighted by Gasteiger charge is -2.32. The molecule has 9 nitrogen and oxygen atoms in total. The zero-order valence-corrected chi connectivity index (χ0v) is 17.5. The van der Waals surface area contributed by atoms with Crippen LogP contribution in [0.4, 0.5) is 10.7 Å². The Balaban J connectivity index is 1.75. The van der Waals surface area contributed by atoms with Gasteiger partial charge in [0.1, 0.15) is 17.6 Å². The highest BCUT2D eigenvalue weighted by atomic mass is 16.5. The van der Waals surface area contributed by atoms with E-state index >= 15 is 0 Å². The molecule has 0 aliphatic carbocycles. The number of hydrogen-bond acceptors (Lipinski definition) is 5. The molecule has 1 aromatic carbocycles. The summed E-state index contributed by atoms with van der Waals surface area (Å²) >= 11 is 0. The van der Waals surface area contributed by atoms with Gasteiger partial charge in [0.15, 0.2) is 0 Å². The Morgan fingerprint density at radius 3 is 2.53 bits per heavy atom. The van der Waals surface area contributed by atoms with E-state index in [9.17, 15) is 14.4 Å². The molecule has 1 unspecified atom stereocenters. The summed E-state index contributed by atoms with van der Waals surface area (Å²) in [6.45, 7) is 6.30. The fourth-order valence-electron chi connectivity index (χ4n) is 3.89. The first-order valence-electron chi connectivity index (χ1n) is 9.97. The number of carbonyl (C=O) groups excluding carboxylic acids is 3. The average molecular weight is 410 g/mol. The van der Waals surface area contributed by atoms with Gasteiger partial charge in [0.2, 0.25) is 11.9 Å². The van der Waals surface area contributed by atoms with Crippen LogP contribution in [0.3, 0.4) is 0 Å². The van der Waals surface area contributed by atoms with Crippen molar-refractivity contribution in [2.45, 2.75) is 33.2 Å². The molecule has 3 heterocycles. The van der Waals surface area contributed by atoms with Crippen molar-refractivity contribution in [3.8, 4) is 5.69 Å². The molecule has 1 aromatic heterocycles. The molecule has 0 radical (unpaired) electrons. The molecular weight excluding hydrogens is 386 g/mol. The van der Waals surface area contributed by atoms with Crippen LogP contribution >= 0.6 is 0 Å². The second-order valence-corrected chi connectivity index (χ2v) is 7.28. The molecule has 1 saturated heterocycles. The molecule has 3 amide bonds. The summed E-state index contributed by atoms with van der Waals surface area (Å²) in [5, 5.41) is 0. The number of likely N-dealkylation sites (N-methyl/N-ethyl adjacent to an activating group) is 1. The van der Waals surface area contributed by atoms with Crippen molar-refractivity contribution in [3.63, 3.8) is 0 Å². The van der Waals surface area contributed by atoms with Gasteiger partial charge in [0.05, 0.1) is 12.2 Å². The summed E-state index contributed by atoms with van der Waals surface area (Å²) in [6.07, 6.45) is 2.55. The maximum Gasteiger partial charge on any atom is 0.406 e. The van der Waals surface area contributed by atoms with Gasteiger partial charge in [-0.1, -0.05) is 11.9 Å². The van der Waals surface area contributed by atoms with Gasteiger partial charge in [-0.25, -0.2) is 14.2 Å². The first-order chi connectivity index (χ1) is 14.4. The number of esters is 1. The number of rotatable bonds is 5. The molecule has 0 saturated carbocycles. The SMILES string of the molecule is CCCN1C(=O)C2C(=Nc3n(-c4ccc(C(=O)OCC)cc4)c(C)c[n+]32)N(C)C1=O. The standard InChI is InChI=1S/C21H24N5O4/c1-5-11-24-18(27)16-17(23(4)21(24)29)22-20-25(16)12-13(3)26(20)15-9-7-14(8-10-15)19(28)30-6-2/h7-10,12,16H,5-6,11H2,1-4H3/q+1. The van der Waals surface area contributed by atoms with Crippen molar-refractivity contribution < 1.29 is 23.7 Å². The van der Waals surface area contributed by atoms with E-state index in [2.05, 4.69) is 4.99 Å². The zero-order valence-electron chi connectivity index (χ0n) is 17.5. The zero-order chi connectivity index (χ0) is 21.6. The minimum absolute atomic E-state index is 0.266. The number of carbonyl (C=O) groups is 3. The Morgan fingerprint density at radius 2 is 1.90 bits per heavy atom. The molecule has 2 aliphatic rings. The van der Waals surface area contributed by atoms with Gasteiger partial charge in [0.25, 0.3) is 5.91 Å². The summed E-state index contributed by atoms with van der Waals surface area (Å²) in [6, 6.07) is 5.99. The van der Waals surface area contributed by atoms with E-state index in [0.29, 0.717) is 36.9 Å². The average Bonchev–Trinajstić information content (AvgIpc) is 3.24.